The first kappa shape index (κ1) is 15.8. The third-order valence-corrected chi connectivity index (χ3v) is 6.51. The number of hydrogen-bond acceptors (Lipinski definition) is 4. The van der Waals surface area contributed by atoms with Crippen LogP contribution in [0.25, 0.3) is 0 Å². The van der Waals surface area contributed by atoms with Gasteiger partial charge in [0.2, 0.25) is 10.0 Å². The van der Waals surface area contributed by atoms with Gasteiger partial charge >= 0.3 is 0 Å². The molecule has 1 aromatic carbocycles. The van der Waals surface area contributed by atoms with Gasteiger partial charge < -0.3 is 5.32 Å². The van der Waals surface area contributed by atoms with E-state index in [2.05, 4.69) is 5.32 Å². The molecule has 0 aliphatic carbocycles. The molecule has 1 unspecified atom stereocenters. The third kappa shape index (κ3) is 3.36. The molecule has 6 heteroatoms. The maximum absolute atomic E-state index is 12.8. The quantitative estimate of drug-likeness (QED) is 0.845. The van der Waals surface area contributed by atoms with E-state index >= 15 is 0 Å². The first-order valence-electron chi connectivity index (χ1n) is 6.87. The topological polar surface area (TPSA) is 49.4 Å². The molecule has 0 aromatic heterocycles. The highest BCUT2D eigenvalue weighted by Gasteiger charge is 2.31. The van der Waals surface area contributed by atoms with Crippen LogP contribution in [0, 0.1) is 5.92 Å². The number of sulfonamides is 1. The molecule has 1 aliphatic rings. The van der Waals surface area contributed by atoms with Gasteiger partial charge in [-0.2, -0.15) is 4.31 Å². The standard InChI is InChI=1S/C14H22N2O2S2/c1-15-10-12-6-5-9-16(11-12)20(17,18)14-8-4-3-7-13(14)19-2/h3-4,7-8,12,15H,5-6,9-11H2,1-2H3. The van der Waals surface area contributed by atoms with Crippen LogP contribution in [0.2, 0.25) is 0 Å². The van der Waals surface area contributed by atoms with Crippen LogP contribution < -0.4 is 5.32 Å². The predicted molar refractivity (Wildman–Crippen MR) is 83.6 cm³/mol. The van der Waals surface area contributed by atoms with Crippen LogP contribution in [0.15, 0.2) is 34.1 Å². The average Bonchev–Trinajstić information content (AvgIpc) is 2.48. The zero-order chi connectivity index (χ0) is 14.6. The van der Waals surface area contributed by atoms with E-state index in [-0.39, 0.29) is 0 Å². The van der Waals surface area contributed by atoms with Crippen LogP contribution >= 0.6 is 11.8 Å². The van der Waals surface area contributed by atoms with Crippen LogP contribution in [0.4, 0.5) is 0 Å². The largest absolute Gasteiger partial charge is 0.319 e. The van der Waals surface area contributed by atoms with Crippen LogP contribution in [-0.2, 0) is 10.0 Å². The molecule has 0 radical (unpaired) electrons. The highest BCUT2D eigenvalue weighted by molar-refractivity contribution is 7.99. The summed E-state index contributed by atoms with van der Waals surface area (Å²) in [7, 11) is -1.46. The summed E-state index contributed by atoms with van der Waals surface area (Å²) >= 11 is 1.48. The number of hydrogen-bond donors (Lipinski definition) is 1. The first-order chi connectivity index (χ1) is 9.59. The molecule has 0 spiro atoms. The number of thioether (sulfide) groups is 1. The second kappa shape index (κ2) is 6.93. The van der Waals surface area contributed by atoms with Gasteiger partial charge in [0.15, 0.2) is 0 Å². The molecule has 1 saturated heterocycles. The second-order valence-corrected chi connectivity index (χ2v) is 7.83. The molecule has 112 valence electrons. The summed E-state index contributed by atoms with van der Waals surface area (Å²) in [6, 6.07) is 7.25. The van der Waals surface area contributed by atoms with Crippen molar-refractivity contribution in [2.24, 2.45) is 5.92 Å². The molecule has 1 aliphatic heterocycles. The van der Waals surface area contributed by atoms with E-state index in [1.54, 1.807) is 16.4 Å². The smallest absolute Gasteiger partial charge is 0.244 e. The Balaban J connectivity index is 2.25. The van der Waals surface area contributed by atoms with E-state index < -0.39 is 10.0 Å². The fraction of sp³-hybridized carbons (Fsp3) is 0.571. The molecule has 0 bridgehead atoms. The van der Waals surface area contributed by atoms with E-state index in [1.165, 1.54) is 11.8 Å². The lowest BCUT2D eigenvalue weighted by Crippen LogP contribution is -2.42. The minimum atomic E-state index is -3.37. The van der Waals surface area contributed by atoms with Crippen molar-refractivity contribution in [3.05, 3.63) is 24.3 Å². The molecule has 20 heavy (non-hydrogen) atoms. The molecule has 1 N–H and O–H groups in total. The monoisotopic (exact) mass is 314 g/mol. The molecular formula is C14H22N2O2S2. The Morgan fingerprint density at radius 3 is 2.85 bits per heavy atom. The predicted octanol–water partition coefficient (Wildman–Crippen LogP) is 2.03. The SMILES string of the molecule is CNCC1CCCN(S(=O)(=O)c2ccccc2SC)C1. The van der Waals surface area contributed by atoms with E-state index in [0.29, 0.717) is 23.9 Å². The summed E-state index contributed by atoms with van der Waals surface area (Å²) in [5, 5.41) is 3.15. The van der Waals surface area contributed by atoms with Gasteiger partial charge in [0, 0.05) is 18.0 Å². The van der Waals surface area contributed by atoms with Crippen LogP contribution in [-0.4, -0.2) is 45.7 Å². The van der Waals surface area contributed by atoms with Gasteiger partial charge in [-0.1, -0.05) is 12.1 Å². The summed E-state index contributed by atoms with van der Waals surface area (Å²) in [6.07, 6.45) is 3.94. The molecule has 0 saturated carbocycles. The van der Waals surface area contributed by atoms with Crippen molar-refractivity contribution in [2.45, 2.75) is 22.6 Å². The maximum Gasteiger partial charge on any atom is 0.244 e. The minimum Gasteiger partial charge on any atom is -0.319 e. The number of rotatable bonds is 5. The maximum atomic E-state index is 12.8. The highest BCUT2D eigenvalue weighted by atomic mass is 32.2. The van der Waals surface area contributed by atoms with Crippen molar-refractivity contribution >= 4 is 21.8 Å². The normalized spacial score (nSPS) is 21.0. The van der Waals surface area contributed by atoms with Crippen LogP contribution in [0.1, 0.15) is 12.8 Å². The van der Waals surface area contributed by atoms with E-state index in [4.69, 9.17) is 0 Å². The van der Waals surface area contributed by atoms with Gasteiger partial charge in [0.25, 0.3) is 0 Å². The van der Waals surface area contributed by atoms with Crippen molar-refractivity contribution in [2.75, 3.05) is 32.9 Å². The Labute approximate surface area is 126 Å². The third-order valence-electron chi connectivity index (χ3n) is 3.66. The van der Waals surface area contributed by atoms with Crippen molar-refractivity contribution in [3.8, 4) is 0 Å². The van der Waals surface area contributed by atoms with E-state index in [0.717, 1.165) is 24.3 Å². The molecule has 1 fully saturated rings. The van der Waals surface area contributed by atoms with Crippen molar-refractivity contribution in [3.63, 3.8) is 0 Å². The second-order valence-electron chi connectivity index (χ2n) is 5.08. The van der Waals surface area contributed by atoms with Crippen LogP contribution in [0.5, 0.6) is 0 Å². The molecule has 1 atom stereocenters. The minimum absolute atomic E-state index is 0.407. The molecule has 2 rings (SSSR count). The van der Waals surface area contributed by atoms with Gasteiger partial charge in [-0.25, -0.2) is 8.42 Å². The molecule has 1 aromatic rings. The molecule has 0 amide bonds. The fourth-order valence-electron chi connectivity index (χ4n) is 2.67. The lowest BCUT2D eigenvalue weighted by molar-refractivity contribution is 0.263. The number of benzene rings is 1. The van der Waals surface area contributed by atoms with Gasteiger partial charge in [-0.15, -0.1) is 11.8 Å². The molecule has 1 heterocycles. The summed E-state index contributed by atoms with van der Waals surface area (Å²) in [5.74, 6) is 0.407. The van der Waals surface area contributed by atoms with Crippen molar-refractivity contribution in [1.29, 1.82) is 0 Å². The average molecular weight is 314 g/mol. The summed E-state index contributed by atoms with van der Waals surface area (Å²) in [4.78, 5) is 1.26. The number of nitrogens with zero attached hydrogens (tertiary/aromatic N) is 1. The van der Waals surface area contributed by atoms with Gasteiger partial charge in [-0.05, 0) is 50.7 Å². The fourth-order valence-corrected chi connectivity index (χ4v) is 5.35. The van der Waals surface area contributed by atoms with Crippen molar-refractivity contribution in [1.82, 2.24) is 9.62 Å². The summed E-state index contributed by atoms with van der Waals surface area (Å²) in [5.41, 5.74) is 0. The van der Waals surface area contributed by atoms with E-state index in [1.807, 2.05) is 25.4 Å². The van der Waals surface area contributed by atoms with Gasteiger partial charge in [0.05, 0.1) is 4.90 Å². The Hall–Kier alpha value is -0.560. The Morgan fingerprint density at radius 1 is 1.40 bits per heavy atom. The van der Waals surface area contributed by atoms with Crippen molar-refractivity contribution < 1.29 is 8.42 Å². The number of nitrogens with one attached hydrogen (secondary N) is 1. The number of piperidine rings is 1. The van der Waals surface area contributed by atoms with Gasteiger partial charge in [-0.3, -0.25) is 0 Å². The Kier molecular flexibility index (Phi) is 5.49. The highest BCUT2D eigenvalue weighted by Crippen LogP contribution is 2.29. The summed E-state index contributed by atoms with van der Waals surface area (Å²) in [6.45, 7) is 2.12. The molecule has 4 nitrogen and oxygen atoms in total. The van der Waals surface area contributed by atoms with Crippen LogP contribution in [0.3, 0.4) is 0 Å². The lowest BCUT2D eigenvalue weighted by atomic mass is 10.00. The van der Waals surface area contributed by atoms with E-state index in [9.17, 15) is 8.42 Å². The zero-order valence-corrected chi connectivity index (χ0v) is 13.6. The zero-order valence-electron chi connectivity index (χ0n) is 12.0. The van der Waals surface area contributed by atoms with Gasteiger partial charge in [0.1, 0.15) is 0 Å². The summed E-state index contributed by atoms with van der Waals surface area (Å²) < 4.78 is 27.3. The Morgan fingerprint density at radius 2 is 2.15 bits per heavy atom. The lowest BCUT2D eigenvalue weighted by Gasteiger charge is -2.32. The Bertz CT molecular complexity index is 544. The first-order valence-corrected chi connectivity index (χ1v) is 9.54. The molecular weight excluding hydrogens is 292 g/mol.